The van der Waals surface area contributed by atoms with E-state index in [0.29, 0.717) is 0 Å². The molecule has 82 valence electrons. The van der Waals surface area contributed by atoms with Gasteiger partial charge in [0.1, 0.15) is 0 Å². The summed E-state index contributed by atoms with van der Waals surface area (Å²) in [6, 6.07) is -0.263. The van der Waals surface area contributed by atoms with Crippen molar-refractivity contribution in [3.8, 4) is 0 Å². The number of carbonyl (C=O) groups is 1. The molecule has 0 aromatic heterocycles. The number of nitrogens with zero attached hydrogens (tertiary/aromatic N) is 1. The molecule has 1 atom stereocenters. The van der Waals surface area contributed by atoms with Gasteiger partial charge >= 0.3 is 0 Å². The summed E-state index contributed by atoms with van der Waals surface area (Å²) in [5.41, 5.74) is 5.79. The van der Waals surface area contributed by atoms with Crippen molar-refractivity contribution in [2.75, 3.05) is 6.54 Å². The predicted molar refractivity (Wildman–Crippen MR) is 57.9 cm³/mol. The van der Waals surface area contributed by atoms with Crippen molar-refractivity contribution >= 4 is 5.91 Å². The van der Waals surface area contributed by atoms with E-state index >= 15 is 0 Å². The van der Waals surface area contributed by atoms with E-state index in [9.17, 15) is 4.79 Å². The molecular formula is C11H22N2O. The molecule has 1 aliphatic heterocycles. The monoisotopic (exact) mass is 198 g/mol. The van der Waals surface area contributed by atoms with Crippen LogP contribution in [0.4, 0.5) is 0 Å². The van der Waals surface area contributed by atoms with Crippen molar-refractivity contribution in [2.24, 2.45) is 5.73 Å². The average molecular weight is 198 g/mol. The summed E-state index contributed by atoms with van der Waals surface area (Å²) in [6.45, 7) is 7.31. The van der Waals surface area contributed by atoms with Gasteiger partial charge in [-0.05, 0) is 32.6 Å². The van der Waals surface area contributed by atoms with Gasteiger partial charge in [-0.2, -0.15) is 0 Å². The molecule has 3 heteroatoms. The van der Waals surface area contributed by atoms with Crippen LogP contribution in [0, 0.1) is 0 Å². The summed E-state index contributed by atoms with van der Waals surface area (Å²) < 4.78 is 0. The molecule has 0 aromatic carbocycles. The Kier molecular flexibility index (Phi) is 3.53. The van der Waals surface area contributed by atoms with E-state index < -0.39 is 0 Å². The van der Waals surface area contributed by atoms with Crippen molar-refractivity contribution in [1.29, 1.82) is 0 Å². The molecule has 1 saturated heterocycles. The highest BCUT2D eigenvalue weighted by Gasteiger charge is 2.36. The van der Waals surface area contributed by atoms with Gasteiger partial charge in [0.25, 0.3) is 0 Å². The fraction of sp³-hybridized carbons (Fsp3) is 0.909. The van der Waals surface area contributed by atoms with Gasteiger partial charge in [0.15, 0.2) is 0 Å². The molecule has 1 amide bonds. The highest BCUT2D eigenvalue weighted by Crippen LogP contribution is 2.27. The van der Waals surface area contributed by atoms with Gasteiger partial charge in [-0.3, -0.25) is 4.79 Å². The molecule has 0 saturated carbocycles. The minimum absolute atomic E-state index is 0.00905. The largest absolute Gasteiger partial charge is 0.336 e. The molecule has 2 N–H and O–H groups in total. The molecule has 14 heavy (non-hydrogen) atoms. The number of likely N-dealkylation sites (tertiary alicyclic amines) is 1. The third kappa shape index (κ3) is 1.92. The van der Waals surface area contributed by atoms with E-state index in [1.807, 2.05) is 4.90 Å². The summed E-state index contributed by atoms with van der Waals surface area (Å²) in [6.07, 6.45) is 3.89. The lowest BCUT2D eigenvalue weighted by Gasteiger charge is -2.44. The van der Waals surface area contributed by atoms with E-state index in [1.54, 1.807) is 0 Å². The second-order valence-electron chi connectivity index (χ2n) is 4.44. The molecule has 1 unspecified atom stereocenters. The second kappa shape index (κ2) is 4.30. The minimum atomic E-state index is -0.263. The van der Waals surface area contributed by atoms with Crippen LogP contribution >= 0.6 is 0 Å². The Bertz CT molecular complexity index is 211. The molecule has 1 aliphatic rings. The standard InChI is InChI=1S/C11H22N2O/c1-4-11(3,5-2)13-8-6-7-9(12)10(13)14/h9H,4-8,12H2,1-3H3. The van der Waals surface area contributed by atoms with Crippen LogP contribution in [0.2, 0.25) is 0 Å². The van der Waals surface area contributed by atoms with Crippen LogP contribution in [-0.2, 0) is 4.79 Å². The van der Waals surface area contributed by atoms with Crippen LogP contribution in [0.1, 0.15) is 46.5 Å². The summed E-state index contributed by atoms with van der Waals surface area (Å²) in [5.74, 6) is 0.141. The fourth-order valence-electron chi connectivity index (χ4n) is 2.07. The van der Waals surface area contributed by atoms with E-state index in [0.717, 1.165) is 32.2 Å². The van der Waals surface area contributed by atoms with Crippen LogP contribution in [0.5, 0.6) is 0 Å². The van der Waals surface area contributed by atoms with Gasteiger partial charge in [-0.1, -0.05) is 13.8 Å². The Labute approximate surface area is 86.6 Å². The van der Waals surface area contributed by atoms with Gasteiger partial charge in [-0.15, -0.1) is 0 Å². The van der Waals surface area contributed by atoms with Gasteiger partial charge in [0.2, 0.25) is 5.91 Å². The maximum Gasteiger partial charge on any atom is 0.239 e. The lowest BCUT2D eigenvalue weighted by atomic mass is 9.89. The third-order valence-corrected chi connectivity index (χ3v) is 3.66. The molecule has 0 spiro atoms. The first-order valence-electron chi connectivity index (χ1n) is 5.62. The van der Waals surface area contributed by atoms with E-state index in [4.69, 9.17) is 5.73 Å². The quantitative estimate of drug-likeness (QED) is 0.747. The van der Waals surface area contributed by atoms with Crippen LogP contribution in [0.3, 0.4) is 0 Å². The summed E-state index contributed by atoms with van der Waals surface area (Å²) >= 11 is 0. The number of rotatable bonds is 3. The van der Waals surface area contributed by atoms with Gasteiger partial charge < -0.3 is 10.6 Å². The van der Waals surface area contributed by atoms with Crippen molar-refractivity contribution in [3.63, 3.8) is 0 Å². The maximum atomic E-state index is 11.9. The van der Waals surface area contributed by atoms with E-state index in [2.05, 4.69) is 20.8 Å². The number of hydrogen-bond acceptors (Lipinski definition) is 2. The first kappa shape index (κ1) is 11.5. The van der Waals surface area contributed by atoms with Crippen LogP contribution in [0.25, 0.3) is 0 Å². The molecule has 0 aromatic rings. The Balaban J connectivity index is 2.79. The second-order valence-corrected chi connectivity index (χ2v) is 4.44. The van der Waals surface area contributed by atoms with Crippen molar-refractivity contribution in [2.45, 2.75) is 58.0 Å². The highest BCUT2D eigenvalue weighted by atomic mass is 16.2. The van der Waals surface area contributed by atoms with Crippen LogP contribution in [-0.4, -0.2) is 28.9 Å². The lowest BCUT2D eigenvalue weighted by Crippen LogP contribution is -2.57. The SMILES string of the molecule is CCC(C)(CC)N1CCCC(N)C1=O. The molecule has 1 rings (SSSR count). The van der Waals surface area contributed by atoms with Crippen LogP contribution in [0.15, 0.2) is 0 Å². The molecule has 1 heterocycles. The Hall–Kier alpha value is -0.570. The predicted octanol–water partition coefficient (Wildman–Crippen LogP) is 1.51. The topological polar surface area (TPSA) is 46.3 Å². The van der Waals surface area contributed by atoms with Gasteiger partial charge in [0, 0.05) is 12.1 Å². The molecule has 1 fully saturated rings. The van der Waals surface area contributed by atoms with Gasteiger partial charge in [-0.25, -0.2) is 0 Å². The molecule has 3 nitrogen and oxygen atoms in total. The van der Waals surface area contributed by atoms with Crippen molar-refractivity contribution < 1.29 is 4.79 Å². The Morgan fingerprint density at radius 3 is 2.57 bits per heavy atom. The Morgan fingerprint density at radius 1 is 1.50 bits per heavy atom. The van der Waals surface area contributed by atoms with E-state index in [1.165, 1.54) is 0 Å². The minimum Gasteiger partial charge on any atom is -0.336 e. The highest BCUT2D eigenvalue weighted by molar-refractivity contribution is 5.83. The number of hydrogen-bond donors (Lipinski definition) is 1. The number of nitrogens with two attached hydrogens (primary N) is 1. The zero-order chi connectivity index (χ0) is 10.8. The third-order valence-electron chi connectivity index (χ3n) is 3.66. The maximum absolute atomic E-state index is 11.9. The van der Waals surface area contributed by atoms with Gasteiger partial charge in [0.05, 0.1) is 6.04 Å². The van der Waals surface area contributed by atoms with Crippen molar-refractivity contribution in [1.82, 2.24) is 4.90 Å². The summed E-state index contributed by atoms with van der Waals surface area (Å²) in [7, 11) is 0. The summed E-state index contributed by atoms with van der Waals surface area (Å²) in [5, 5.41) is 0. The number of carbonyl (C=O) groups excluding carboxylic acids is 1. The number of amides is 1. The average Bonchev–Trinajstić information content (AvgIpc) is 2.21. The van der Waals surface area contributed by atoms with Crippen LogP contribution < -0.4 is 5.73 Å². The molecule has 0 bridgehead atoms. The first-order chi connectivity index (χ1) is 6.55. The molecule has 0 radical (unpaired) electrons. The summed E-state index contributed by atoms with van der Waals surface area (Å²) in [4.78, 5) is 13.9. The van der Waals surface area contributed by atoms with E-state index in [-0.39, 0.29) is 17.5 Å². The smallest absolute Gasteiger partial charge is 0.239 e. The first-order valence-corrected chi connectivity index (χ1v) is 5.62. The lowest BCUT2D eigenvalue weighted by molar-refractivity contribution is -0.141. The zero-order valence-electron chi connectivity index (χ0n) is 9.55. The molecular weight excluding hydrogens is 176 g/mol. The molecule has 0 aliphatic carbocycles. The zero-order valence-corrected chi connectivity index (χ0v) is 9.55. The Morgan fingerprint density at radius 2 is 2.07 bits per heavy atom. The normalized spacial score (nSPS) is 24.1. The number of piperidine rings is 1. The van der Waals surface area contributed by atoms with Crippen molar-refractivity contribution in [3.05, 3.63) is 0 Å². The fourth-order valence-corrected chi connectivity index (χ4v) is 2.07.